The quantitative estimate of drug-likeness (QED) is 0.405. The van der Waals surface area contributed by atoms with Crippen LogP contribution in [0.5, 0.6) is 0 Å². The molecule has 0 spiro atoms. The van der Waals surface area contributed by atoms with Crippen LogP contribution in [0.4, 0.5) is 0 Å². The van der Waals surface area contributed by atoms with E-state index >= 15 is 0 Å². The number of esters is 1. The lowest BCUT2D eigenvalue weighted by molar-refractivity contribution is -0.157. The average Bonchev–Trinajstić information content (AvgIpc) is 2.23. The Morgan fingerprint density at radius 2 is 1.95 bits per heavy atom. The van der Waals surface area contributed by atoms with Crippen LogP contribution in [-0.4, -0.2) is 47.3 Å². The van der Waals surface area contributed by atoms with Gasteiger partial charge in [-0.05, 0) is 33.3 Å². The summed E-state index contributed by atoms with van der Waals surface area (Å²) in [6, 6.07) is 0. The van der Waals surface area contributed by atoms with Crippen molar-refractivity contribution < 1.29 is 22.7 Å². The molecule has 0 aromatic heterocycles. The number of carbonyl (C=O) groups excluding carboxylic acids is 2. The van der Waals surface area contributed by atoms with E-state index in [9.17, 15) is 18.0 Å². The SMILES string of the molecule is CC1=C(C(=O)OC(C)(C)C)N2C(=O)[C@H](Cl)[C@H]2S(=O)(=O)C1. The summed E-state index contributed by atoms with van der Waals surface area (Å²) in [5.41, 5.74) is -0.432. The summed E-state index contributed by atoms with van der Waals surface area (Å²) >= 11 is 5.76. The van der Waals surface area contributed by atoms with Crippen LogP contribution in [0, 0.1) is 0 Å². The number of hydrogen-bond donors (Lipinski definition) is 0. The third kappa shape index (κ3) is 2.33. The largest absolute Gasteiger partial charge is 0.455 e. The van der Waals surface area contributed by atoms with Gasteiger partial charge in [0.1, 0.15) is 16.7 Å². The third-order valence-corrected chi connectivity index (χ3v) is 5.63. The first-order valence-corrected chi connectivity index (χ1v) is 8.23. The monoisotopic (exact) mass is 321 g/mol. The second-order valence-corrected chi connectivity index (χ2v) is 8.51. The molecule has 2 atom stereocenters. The van der Waals surface area contributed by atoms with Crippen LogP contribution in [0.1, 0.15) is 27.7 Å². The fraction of sp³-hybridized carbons (Fsp3) is 0.667. The Hall–Kier alpha value is -1.08. The minimum atomic E-state index is -3.56. The molecule has 0 aromatic carbocycles. The van der Waals surface area contributed by atoms with Gasteiger partial charge in [-0.15, -0.1) is 11.6 Å². The minimum absolute atomic E-state index is 0.00153. The highest BCUT2D eigenvalue weighted by molar-refractivity contribution is 7.92. The van der Waals surface area contributed by atoms with E-state index in [2.05, 4.69) is 0 Å². The zero-order valence-corrected chi connectivity index (χ0v) is 13.2. The molecule has 0 N–H and O–H groups in total. The molecule has 0 saturated carbocycles. The zero-order valence-electron chi connectivity index (χ0n) is 11.6. The van der Waals surface area contributed by atoms with Gasteiger partial charge in [0.05, 0.1) is 5.75 Å². The highest BCUT2D eigenvalue weighted by Crippen LogP contribution is 2.39. The van der Waals surface area contributed by atoms with Crippen LogP contribution >= 0.6 is 11.6 Å². The molecule has 0 aromatic rings. The summed E-state index contributed by atoms with van der Waals surface area (Å²) in [6.45, 7) is 6.59. The second kappa shape index (κ2) is 4.46. The number of alkyl halides is 1. The maximum absolute atomic E-state index is 12.2. The molecule has 2 aliphatic heterocycles. The summed E-state index contributed by atoms with van der Waals surface area (Å²) < 4.78 is 29.2. The van der Waals surface area contributed by atoms with Crippen molar-refractivity contribution >= 4 is 33.3 Å². The van der Waals surface area contributed by atoms with E-state index < -0.39 is 38.1 Å². The Kier molecular flexibility index (Phi) is 3.41. The van der Waals surface area contributed by atoms with Gasteiger partial charge in [0.25, 0.3) is 0 Å². The molecular formula is C12H16ClNO5S. The fourth-order valence-corrected chi connectivity index (χ4v) is 4.88. The van der Waals surface area contributed by atoms with Crippen LogP contribution < -0.4 is 0 Å². The van der Waals surface area contributed by atoms with Crippen LogP contribution in [0.15, 0.2) is 11.3 Å². The number of nitrogens with zero attached hydrogens (tertiary/aromatic N) is 1. The number of hydrogen-bond acceptors (Lipinski definition) is 5. The number of fused-ring (bicyclic) bond motifs is 1. The number of carbonyl (C=O) groups is 2. The van der Waals surface area contributed by atoms with Crippen molar-refractivity contribution in [2.45, 2.75) is 44.0 Å². The number of ether oxygens (including phenoxy) is 1. The van der Waals surface area contributed by atoms with Crippen molar-refractivity contribution in [2.24, 2.45) is 0 Å². The van der Waals surface area contributed by atoms with Crippen molar-refractivity contribution in [3.63, 3.8) is 0 Å². The molecule has 6 nitrogen and oxygen atoms in total. The molecule has 2 aliphatic rings. The number of halogens is 1. The van der Waals surface area contributed by atoms with Crippen molar-refractivity contribution in [1.82, 2.24) is 4.90 Å². The van der Waals surface area contributed by atoms with E-state index in [4.69, 9.17) is 16.3 Å². The normalized spacial score (nSPS) is 28.9. The molecule has 0 bridgehead atoms. The van der Waals surface area contributed by atoms with Gasteiger partial charge >= 0.3 is 5.97 Å². The van der Waals surface area contributed by atoms with Crippen molar-refractivity contribution in [3.05, 3.63) is 11.3 Å². The molecule has 1 saturated heterocycles. The van der Waals surface area contributed by atoms with Crippen molar-refractivity contribution in [3.8, 4) is 0 Å². The van der Waals surface area contributed by atoms with Crippen LogP contribution in [0.25, 0.3) is 0 Å². The van der Waals surface area contributed by atoms with Gasteiger partial charge in [-0.1, -0.05) is 0 Å². The first-order chi connectivity index (χ1) is 8.96. The number of amides is 1. The van der Waals surface area contributed by atoms with Crippen LogP contribution in [-0.2, 0) is 24.2 Å². The van der Waals surface area contributed by atoms with Gasteiger partial charge in [-0.25, -0.2) is 13.2 Å². The molecular weight excluding hydrogens is 306 g/mol. The summed E-state index contributed by atoms with van der Waals surface area (Å²) in [5, 5.41) is -2.30. The summed E-state index contributed by atoms with van der Waals surface area (Å²) in [6.07, 6.45) is 0. The number of rotatable bonds is 1. The fourth-order valence-electron chi connectivity index (χ4n) is 2.27. The van der Waals surface area contributed by atoms with Gasteiger partial charge in [0.2, 0.25) is 5.91 Å². The lowest BCUT2D eigenvalue weighted by Crippen LogP contribution is -2.68. The Balaban J connectivity index is 2.42. The topological polar surface area (TPSA) is 80.8 Å². The standard InChI is InChI=1S/C12H16ClNO5S/c1-6-5-20(17,18)10-7(13)9(15)14(10)8(6)11(16)19-12(2,3)4/h7,10H,5H2,1-4H3/t7-,10+/m0/s1. The second-order valence-electron chi connectivity index (χ2n) is 5.94. The van der Waals surface area contributed by atoms with Gasteiger partial charge in [-0.2, -0.15) is 0 Å². The van der Waals surface area contributed by atoms with Gasteiger partial charge in [0.15, 0.2) is 15.2 Å². The highest BCUT2D eigenvalue weighted by Gasteiger charge is 2.59. The lowest BCUT2D eigenvalue weighted by Gasteiger charge is -2.47. The van der Waals surface area contributed by atoms with E-state index in [1.54, 1.807) is 20.8 Å². The molecule has 8 heteroatoms. The molecule has 0 aliphatic carbocycles. The predicted octanol–water partition coefficient (Wildman–Crippen LogP) is 0.806. The lowest BCUT2D eigenvalue weighted by atomic mass is 10.1. The highest BCUT2D eigenvalue weighted by atomic mass is 35.5. The Labute approximate surface area is 122 Å². The first-order valence-electron chi connectivity index (χ1n) is 6.07. The van der Waals surface area contributed by atoms with E-state index in [1.807, 2.05) is 0 Å². The number of sulfone groups is 1. The maximum atomic E-state index is 12.2. The minimum Gasteiger partial charge on any atom is -0.455 e. The summed E-state index contributed by atoms with van der Waals surface area (Å²) in [4.78, 5) is 24.9. The van der Waals surface area contributed by atoms with E-state index in [0.29, 0.717) is 5.57 Å². The molecule has 112 valence electrons. The smallest absolute Gasteiger partial charge is 0.355 e. The van der Waals surface area contributed by atoms with Crippen molar-refractivity contribution in [2.75, 3.05) is 5.75 Å². The number of β-lactam (4-membered cyclic amide) rings is 1. The van der Waals surface area contributed by atoms with Gasteiger partial charge in [-0.3, -0.25) is 9.69 Å². The summed E-state index contributed by atoms with van der Waals surface area (Å²) in [7, 11) is -3.56. The molecule has 1 amide bonds. The average molecular weight is 322 g/mol. The maximum Gasteiger partial charge on any atom is 0.355 e. The van der Waals surface area contributed by atoms with Crippen molar-refractivity contribution in [1.29, 1.82) is 0 Å². The van der Waals surface area contributed by atoms with Crippen LogP contribution in [0.2, 0.25) is 0 Å². The third-order valence-electron chi connectivity index (χ3n) is 3.00. The molecule has 2 rings (SSSR count). The van der Waals surface area contributed by atoms with E-state index in [0.717, 1.165) is 4.90 Å². The first kappa shape index (κ1) is 15.3. The van der Waals surface area contributed by atoms with Gasteiger partial charge in [0, 0.05) is 0 Å². The van der Waals surface area contributed by atoms with Gasteiger partial charge < -0.3 is 4.74 Å². The van der Waals surface area contributed by atoms with E-state index in [1.165, 1.54) is 6.92 Å². The molecule has 0 radical (unpaired) electrons. The molecule has 2 heterocycles. The zero-order chi connectivity index (χ0) is 15.5. The predicted molar refractivity (Wildman–Crippen MR) is 72.6 cm³/mol. The molecule has 0 unspecified atom stereocenters. The molecule has 20 heavy (non-hydrogen) atoms. The molecule has 1 fully saturated rings. The summed E-state index contributed by atoms with van der Waals surface area (Å²) in [5.74, 6) is -1.58. The Morgan fingerprint density at radius 3 is 2.45 bits per heavy atom. The van der Waals surface area contributed by atoms with E-state index in [-0.39, 0.29) is 11.4 Å². The van der Waals surface area contributed by atoms with Crippen LogP contribution in [0.3, 0.4) is 0 Å². The Bertz CT molecular complexity index is 616. The Morgan fingerprint density at radius 1 is 1.40 bits per heavy atom.